The fourth-order valence-corrected chi connectivity index (χ4v) is 35.6. The molecule has 0 bridgehead atoms. The molecule has 0 fully saturated rings. The second-order valence-electron chi connectivity index (χ2n) is 27.3. The summed E-state index contributed by atoms with van der Waals surface area (Å²) in [4.78, 5) is 6.48. The first-order valence-corrected chi connectivity index (χ1v) is 50.5. The summed E-state index contributed by atoms with van der Waals surface area (Å²) in [6, 6.07) is 0. The molecule has 90 heavy (non-hydrogen) atoms. The van der Waals surface area contributed by atoms with E-state index >= 15 is 0 Å². The van der Waals surface area contributed by atoms with Crippen LogP contribution < -0.4 is 18.9 Å². The van der Waals surface area contributed by atoms with Gasteiger partial charge in [0.1, 0.15) is 0 Å². The summed E-state index contributed by atoms with van der Waals surface area (Å²) in [5.41, 5.74) is 0.161. The van der Waals surface area contributed by atoms with Crippen molar-refractivity contribution in [3.8, 4) is 49.6 Å². The molecule has 4 nitrogen and oxygen atoms in total. The van der Waals surface area contributed by atoms with E-state index in [1.165, 1.54) is 322 Å². The fraction of sp³-hybridized carbons (Fsp3) is 0.789. The number of ether oxygens (including phenoxy) is 4. The molecule has 14 heteroatoms. The molecule has 0 aliphatic carbocycles. The summed E-state index contributed by atoms with van der Waals surface area (Å²) >= 11 is 13.4. The molecule has 4 aliphatic heterocycles. The molecule has 0 aromatic carbocycles. The standard InChI is InChI=1S/C76H122O4S6Se4/c1-7-11-15-19-23-27-31-35-39-43-47-75(48-44-40-36-32-28-24-20-16-12-8-2)55-77-59-61(79-57-75)73(81-5)89-67(59)69-63-65(85-53-51-83-63)71(87-69)72-66-64(84-52-54-86-66)70(88-72)68-60-62(74(82-6)90-68)80-58-76(56-78-60,49-45-41-37-33-29-25-21-17-13-9-3)50-46-42-38-34-30-26-22-18-14-10-4/h7-58H2,1-6H3. The van der Waals surface area contributed by atoms with Gasteiger partial charge in [-0.25, -0.2) is 0 Å². The molecule has 0 saturated carbocycles. The Morgan fingerprint density at radius 3 is 0.722 bits per heavy atom. The normalized spacial score (nSPS) is 15.9. The van der Waals surface area contributed by atoms with Gasteiger partial charge < -0.3 is 0 Å². The van der Waals surface area contributed by atoms with E-state index in [4.69, 9.17) is 18.9 Å². The zero-order valence-electron chi connectivity index (χ0n) is 57.5. The number of hydrogen-bond acceptors (Lipinski definition) is 10. The van der Waals surface area contributed by atoms with Crippen LogP contribution in [0.25, 0.3) is 26.6 Å². The summed E-state index contributed by atoms with van der Waals surface area (Å²) < 4.78 is 42.3. The van der Waals surface area contributed by atoms with Crippen molar-refractivity contribution < 1.29 is 18.9 Å². The van der Waals surface area contributed by atoms with Gasteiger partial charge in [-0.3, -0.25) is 0 Å². The molecule has 0 amide bonds. The van der Waals surface area contributed by atoms with Crippen molar-refractivity contribution in [3.05, 3.63) is 0 Å². The Kier molecular flexibility index (Phi) is 38.0. The number of rotatable bonds is 49. The van der Waals surface area contributed by atoms with Crippen molar-refractivity contribution in [2.24, 2.45) is 10.8 Å². The first-order chi connectivity index (χ1) is 44.4. The second-order valence-corrected chi connectivity index (χ2v) is 43.1. The molecule has 0 N–H and O–H groups in total. The average Bonchev–Trinajstić information content (AvgIpc) is 1.59. The van der Waals surface area contributed by atoms with Gasteiger partial charge in [0.05, 0.1) is 0 Å². The van der Waals surface area contributed by atoms with Crippen molar-refractivity contribution in [2.75, 3.05) is 62.0 Å². The first kappa shape index (κ1) is 77.0. The zero-order valence-corrected chi connectivity index (χ0v) is 69.2. The first-order valence-electron chi connectivity index (χ1n) is 37.2. The van der Waals surface area contributed by atoms with E-state index in [2.05, 4.69) is 87.3 Å². The number of hydrogen-bond donors (Lipinski definition) is 0. The van der Waals surface area contributed by atoms with Gasteiger partial charge in [-0.15, -0.1) is 0 Å². The van der Waals surface area contributed by atoms with Gasteiger partial charge in [-0.1, -0.05) is 130 Å². The number of thioether (sulfide) groups is 6. The molecule has 0 atom stereocenters. The van der Waals surface area contributed by atoms with Crippen molar-refractivity contribution in [1.82, 2.24) is 0 Å². The van der Waals surface area contributed by atoms with E-state index < -0.39 is 0 Å². The molecule has 4 aromatic heterocycles. The van der Waals surface area contributed by atoms with Gasteiger partial charge >= 0.3 is 477 Å². The second kappa shape index (κ2) is 44.4. The number of fused-ring (bicyclic) bond motifs is 4. The fourth-order valence-electron chi connectivity index (χ4n) is 14.1. The summed E-state index contributed by atoms with van der Waals surface area (Å²) in [6.07, 6.45) is 64.9. The predicted molar refractivity (Wildman–Crippen MR) is 410 cm³/mol. The number of unbranched alkanes of at least 4 members (excludes halogenated alkanes) is 36. The summed E-state index contributed by atoms with van der Waals surface area (Å²) in [6.45, 7) is 12.6. The maximum atomic E-state index is 7.48. The summed E-state index contributed by atoms with van der Waals surface area (Å²) in [5.74, 6) is 9.34. The topological polar surface area (TPSA) is 36.9 Å². The Hall–Kier alpha value is 1.30. The molecule has 0 spiro atoms. The van der Waals surface area contributed by atoms with Crippen LogP contribution in [0.5, 0.6) is 23.0 Å². The monoisotopic (exact) mass is 1610 g/mol. The molecule has 0 saturated heterocycles. The Morgan fingerprint density at radius 1 is 0.278 bits per heavy atom. The minimum atomic E-state index is 0.0807. The third-order valence-electron chi connectivity index (χ3n) is 19.7. The van der Waals surface area contributed by atoms with Crippen LogP contribution in [0.1, 0.15) is 310 Å². The van der Waals surface area contributed by atoms with E-state index in [-0.39, 0.29) is 68.8 Å². The van der Waals surface area contributed by atoms with Gasteiger partial charge in [0.25, 0.3) is 0 Å². The van der Waals surface area contributed by atoms with E-state index in [1.807, 2.05) is 23.5 Å². The minimum absolute atomic E-state index is 0.0807. The molecule has 0 radical (unpaired) electrons. The Balaban J connectivity index is 1.01. The van der Waals surface area contributed by atoms with Crippen LogP contribution in [0.4, 0.5) is 0 Å². The summed E-state index contributed by atoms with van der Waals surface area (Å²) in [5, 5.41) is 0. The third kappa shape index (κ3) is 23.7. The molecule has 4 aliphatic rings. The molecular formula is C76H122O4S6Se4. The maximum absolute atomic E-state index is 7.48. The van der Waals surface area contributed by atoms with Crippen molar-refractivity contribution in [1.29, 1.82) is 0 Å². The Morgan fingerprint density at radius 2 is 0.489 bits per heavy atom. The van der Waals surface area contributed by atoms with Crippen LogP contribution in [0.3, 0.4) is 0 Å². The van der Waals surface area contributed by atoms with Crippen LogP contribution in [-0.2, 0) is 0 Å². The van der Waals surface area contributed by atoms with Crippen LogP contribution in [0, 0.1) is 10.8 Å². The van der Waals surface area contributed by atoms with Gasteiger partial charge in [0.2, 0.25) is 0 Å². The van der Waals surface area contributed by atoms with Gasteiger partial charge in [-0.2, -0.15) is 0 Å². The van der Waals surface area contributed by atoms with Gasteiger partial charge in [-0.05, 0) is 0 Å². The molecule has 8 heterocycles. The van der Waals surface area contributed by atoms with Crippen molar-refractivity contribution >= 4 is 129 Å². The van der Waals surface area contributed by atoms with Crippen LogP contribution in [0.2, 0.25) is 0 Å². The van der Waals surface area contributed by atoms with Crippen LogP contribution in [-0.4, -0.2) is 120 Å². The van der Waals surface area contributed by atoms with Crippen LogP contribution >= 0.6 is 70.6 Å². The zero-order chi connectivity index (χ0) is 62.9. The molecule has 4 aromatic rings. The molecule has 0 unspecified atom stereocenters. The van der Waals surface area contributed by atoms with Crippen LogP contribution in [0.15, 0.2) is 27.1 Å². The molecule has 8 rings (SSSR count). The molecule has 510 valence electrons. The van der Waals surface area contributed by atoms with E-state index in [0.717, 1.165) is 49.4 Å². The average molecular weight is 1610 g/mol. The molecular weight excluding hydrogens is 1490 g/mol. The Labute approximate surface area is 601 Å². The van der Waals surface area contributed by atoms with Crippen molar-refractivity contribution in [2.45, 2.75) is 337 Å². The summed E-state index contributed by atoms with van der Waals surface area (Å²) in [7, 11) is 0. The van der Waals surface area contributed by atoms with E-state index in [9.17, 15) is 0 Å². The van der Waals surface area contributed by atoms with Gasteiger partial charge in [0, 0.05) is 0 Å². The van der Waals surface area contributed by atoms with Gasteiger partial charge in [0.15, 0.2) is 0 Å². The predicted octanol–water partition coefficient (Wildman–Crippen LogP) is 25.5. The van der Waals surface area contributed by atoms with E-state index in [1.54, 1.807) is 37.3 Å². The SMILES string of the molecule is CCCCCCCCCCCCC1(CCCCCCCCCCCC)COc2c(SC)[se]c(-c3[se]c(-c4[se]c(-c5[se]c(SC)c6c5OCC(CCCCCCCCCCCC)(CCCCCCCCCCCC)CO6)c5c4SCCS5)c4c3SCCS4)c2OC1. The quantitative estimate of drug-likeness (QED) is 0.0242. The third-order valence-corrected chi connectivity index (χ3v) is 41.3. The Bertz CT molecular complexity index is 2380. The van der Waals surface area contributed by atoms with Crippen molar-refractivity contribution in [3.63, 3.8) is 0 Å². The van der Waals surface area contributed by atoms with E-state index in [0.29, 0.717) is 0 Å².